The van der Waals surface area contributed by atoms with Crippen molar-refractivity contribution in [1.29, 1.82) is 0 Å². The summed E-state index contributed by atoms with van der Waals surface area (Å²) in [5.41, 5.74) is 1.63. The van der Waals surface area contributed by atoms with Gasteiger partial charge >= 0.3 is 5.97 Å². The molecule has 106 valence electrons. The average Bonchev–Trinajstić information content (AvgIpc) is 2.44. The minimum absolute atomic E-state index is 0.00806. The maximum Gasteiger partial charge on any atom is 0.373 e. The van der Waals surface area contributed by atoms with Crippen LogP contribution in [0.15, 0.2) is 30.0 Å². The van der Waals surface area contributed by atoms with Crippen LogP contribution < -0.4 is 10.1 Å². The lowest BCUT2D eigenvalue weighted by Crippen LogP contribution is -2.20. The SMILES string of the molecule is C/C=C(/Oc1cccc2c1CCC(=O)N2)C(=O)OCC. The molecular weight excluding hydrogens is 258 g/mol. The van der Waals surface area contributed by atoms with Crippen LogP contribution in [-0.2, 0) is 20.7 Å². The number of hydrogen-bond donors (Lipinski definition) is 1. The van der Waals surface area contributed by atoms with Crippen LogP contribution in [0, 0.1) is 0 Å². The van der Waals surface area contributed by atoms with Crippen molar-refractivity contribution in [3.05, 3.63) is 35.6 Å². The van der Waals surface area contributed by atoms with E-state index in [9.17, 15) is 9.59 Å². The number of esters is 1. The molecule has 0 unspecified atom stereocenters. The van der Waals surface area contributed by atoms with Gasteiger partial charge in [0.1, 0.15) is 5.75 Å². The van der Waals surface area contributed by atoms with Gasteiger partial charge in [0.05, 0.1) is 6.61 Å². The Bertz CT molecular complexity index is 563. The Morgan fingerprint density at radius 3 is 2.90 bits per heavy atom. The molecule has 0 saturated carbocycles. The van der Waals surface area contributed by atoms with Gasteiger partial charge in [-0.3, -0.25) is 4.79 Å². The monoisotopic (exact) mass is 275 g/mol. The molecule has 1 aliphatic heterocycles. The van der Waals surface area contributed by atoms with Gasteiger partial charge in [-0.2, -0.15) is 0 Å². The third-order valence-electron chi connectivity index (χ3n) is 2.97. The van der Waals surface area contributed by atoms with Crippen LogP contribution in [0.1, 0.15) is 25.8 Å². The van der Waals surface area contributed by atoms with Crippen molar-refractivity contribution in [3.8, 4) is 5.75 Å². The fraction of sp³-hybridized carbons (Fsp3) is 0.333. The quantitative estimate of drug-likeness (QED) is 0.520. The van der Waals surface area contributed by atoms with Gasteiger partial charge < -0.3 is 14.8 Å². The van der Waals surface area contributed by atoms with Crippen molar-refractivity contribution in [2.75, 3.05) is 11.9 Å². The zero-order valence-electron chi connectivity index (χ0n) is 11.6. The summed E-state index contributed by atoms with van der Waals surface area (Å²) >= 11 is 0. The molecule has 5 heteroatoms. The van der Waals surface area contributed by atoms with Crippen LogP contribution in [0.2, 0.25) is 0 Å². The first-order valence-electron chi connectivity index (χ1n) is 6.58. The molecule has 20 heavy (non-hydrogen) atoms. The maximum absolute atomic E-state index is 11.7. The zero-order chi connectivity index (χ0) is 14.5. The minimum atomic E-state index is -0.493. The molecule has 0 fully saturated rings. The molecule has 1 aromatic carbocycles. The van der Waals surface area contributed by atoms with Crippen molar-refractivity contribution in [1.82, 2.24) is 0 Å². The van der Waals surface area contributed by atoms with Crippen molar-refractivity contribution >= 4 is 17.6 Å². The van der Waals surface area contributed by atoms with E-state index in [0.29, 0.717) is 25.2 Å². The summed E-state index contributed by atoms with van der Waals surface area (Å²) in [7, 11) is 0. The summed E-state index contributed by atoms with van der Waals surface area (Å²) in [6, 6.07) is 5.37. The van der Waals surface area contributed by atoms with Gasteiger partial charge in [0, 0.05) is 17.7 Å². The summed E-state index contributed by atoms with van der Waals surface area (Å²) in [5.74, 6) is 0.222. The first-order valence-corrected chi connectivity index (χ1v) is 6.58. The molecule has 0 bridgehead atoms. The number of fused-ring (bicyclic) bond motifs is 1. The summed E-state index contributed by atoms with van der Waals surface area (Å²) in [6.45, 7) is 3.75. The lowest BCUT2D eigenvalue weighted by molar-refractivity contribution is -0.141. The maximum atomic E-state index is 11.7. The Labute approximate surface area is 117 Å². The van der Waals surface area contributed by atoms with E-state index >= 15 is 0 Å². The normalized spacial score (nSPS) is 14.3. The van der Waals surface area contributed by atoms with Crippen molar-refractivity contribution in [2.24, 2.45) is 0 Å². The van der Waals surface area contributed by atoms with Gasteiger partial charge in [-0.25, -0.2) is 4.79 Å². The van der Waals surface area contributed by atoms with Gasteiger partial charge in [-0.15, -0.1) is 0 Å². The standard InChI is InChI=1S/C15H17NO4/c1-3-12(15(18)19-4-2)20-13-7-5-6-11-10(13)8-9-14(17)16-11/h3,5-7H,4,8-9H2,1-2H3,(H,16,17)/b12-3+. The molecule has 1 amide bonds. The van der Waals surface area contributed by atoms with Crippen LogP contribution in [0.25, 0.3) is 0 Å². The molecule has 0 atom stereocenters. The molecule has 0 spiro atoms. The lowest BCUT2D eigenvalue weighted by atomic mass is 10.0. The zero-order valence-corrected chi connectivity index (χ0v) is 11.6. The number of rotatable bonds is 4. The molecule has 1 heterocycles. The van der Waals surface area contributed by atoms with Gasteiger partial charge in [-0.1, -0.05) is 6.07 Å². The molecule has 2 rings (SSSR count). The highest BCUT2D eigenvalue weighted by Crippen LogP contribution is 2.32. The van der Waals surface area contributed by atoms with E-state index in [4.69, 9.17) is 9.47 Å². The predicted octanol–water partition coefficient (Wildman–Crippen LogP) is 2.42. The third kappa shape index (κ3) is 2.99. The van der Waals surface area contributed by atoms with Crippen LogP contribution in [0.5, 0.6) is 5.75 Å². The van der Waals surface area contributed by atoms with E-state index in [2.05, 4.69) is 5.32 Å². The van der Waals surface area contributed by atoms with Crippen molar-refractivity contribution in [3.63, 3.8) is 0 Å². The summed E-state index contributed by atoms with van der Waals surface area (Å²) in [4.78, 5) is 23.1. The largest absolute Gasteiger partial charge is 0.460 e. The van der Waals surface area contributed by atoms with E-state index in [1.807, 2.05) is 6.07 Å². The molecule has 1 aliphatic rings. The van der Waals surface area contributed by atoms with Crippen molar-refractivity contribution in [2.45, 2.75) is 26.7 Å². The topological polar surface area (TPSA) is 64.6 Å². The van der Waals surface area contributed by atoms with Gasteiger partial charge in [0.15, 0.2) is 0 Å². The van der Waals surface area contributed by atoms with Gasteiger partial charge in [0.25, 0.3) is 0 Å². The first kappa shape index (κ1) is 14.1. The Morgan fingerprint density at radius 2 is 2.20 bits per heavy atom. The van der Waals surface area contributed by atoms with Crippen LogP contribution >= 0.6 is 0 Å². The molecule has 1 N–H and O–H groups in total. The first-order chi connectivity index (χ1) is 9.65. The highest BCUT2D eigenvalue weighted by Gasteiger charge is 2.20. The lowest BCUT2D eigenvalue weighted by Gasteiger charge is -2.20. The fourth-order valence-electron chi connectivity index (χ4n) is 2.03. The number of amides is 1. The Balaban J connectivity index is 2.24. The highest BCUT2D eigenvalue weighted by atomic mass is 16.6. The van der Waals surface area contributed by atoms with Crippen LogP contribution in [-0.4, -0.2) is 18.5 Å². The van der Waals surface area contributed by atoms with E-state index in [1.54, 1.807) is 32.1 Å². The Morgan fingerprint density at radius 1 is 1.40 bits per heavy atom. The number of carbonyl (C=O) groups is 2. The molecule has 0 aliphatic carbocycles. The molecule has 0 aromatic heterocycles. The number of hydrogen-bond acceptors (Lipinski definition) is 4. The second-order valence-corrected chi connectivity index (χ2v) is 4.31. The van der Waals surface area contributed by atoms with Crippen molar-refractivity contribution < 1.29 is 19.1 Å². The van der Waals surface area contributed by atoms with Gasteiger partial charge in [0.2, 0.25) is 11.7 Å². The second kappa shape index (κ2) is 6.23. The Hall–Kier alpha value is -2.30. The molecule has 1 aromatic rings. The van der Waals surface area contributed by atoms with Gasteiger partial charge in [-0.05, 0) is 38.5 Å². The summed E-state index contributed by atoms with van der Waals surface area (Å²) in [5, 5.41) is 2.79. The molecule has 0 saturated heterocycles. The number of ether oxygens (including phenoxy) is 2. The molecule has 5 nitrogen and oxygen atoms in total. The average molecular weight is 275 g/mol. The van der Waals surface area contributed by atoms with E-state index in [1.165, 1.54) is 0 Å². The molecule has 0 radical (unpaired) electrons. The number of anilines is 1. The number of nitrogens with one attached hydrogen (secondary N) is 1. The smallest absolute Gasteiger partial charge is 0.373 e. The number of carbonyl (C=O) groups excluding carboxylic acids is 2. The molecular formula is C15H17NO4. The highest BCUT2D eigenvalue weighted by molar-refractivity contribution is 5.94. The van der Waals surface area contributed by atoms with E-state index < -0.39 is 5.97 Å². The minimum Gasteiger partial charge on any atom is -0.460 e. The second-order valence-electron chi connectivity index (χ2n) is 4.31. The van der Waals surface area contributed by atoms with E-state index in [-0.39, 0.29) is 11.7 Å². The third-order valence-corrected chi connectivity index (χ3v) is 2.97. The number of allylic oxidation sites excluding steroid dienone is 1. The summed E-state index contributed by atoms with van der Waals surface area (Å²) in [6.07, 6.45) is 2.58. The predicted molar refractivity (Wildman–Crippen MR) is 74.4 cm³/mol. The van der Waals surface area contributed by atoms with Crippen LogP contribution in [0.3, 0.4) is 0 Å². The van der Waals surface area contributed by atoms with E-state index in [0.717, 1.165) is 11.3 Å². The van der Waals surface area contributed by atoms with Crippen LogP contribution in [0.4, 0.5) is 5.69 Å². The fourth-order valence-corrected chi connectivity index (χ4v) is 2.03. The number of benzene rings is 1. The Kier molecular flexibility index (Phi) is 4.40. The summed E-state index contributed by atoms with van der Waals surface area (Å²) < 4.78 is 10.6.